The smallest absolute Gasteiger partial charge is 0.335 e. The van der Waals surface area contributed by atoms with Crippen LogP contribution in [0.2, 0.25) is 0 Å². The summed E-state index contributed by atoms with van der Waals surface area (Å²) in [6.45, 7) is 3.22. The standard InChI is InChI=1S/C15H22N2O3S/c1-11(10-21-2)9-17-15(20)16-7-6-12-4-3-5-13(8-12)14(18)19/h3-5,8,11H,6-7,9-10H2,1-2H3,(H,18,19)(H2,16,17,20). The molecule has 116 valence electrons. The summed E-state index contributed by atoms with van der Waals surface area (Å²) in [7, 11) is 0. The third kappa shape index (κ3) is 7.04. The lowest BCUT2D eigenvalue weighted by Crippen LogP contribution is -2.39. The van der Waals surface area contributed by atoms with E-state index >= 15 is 0 Å². The first-order chi connectivity index (χ1) is 10.0. The van der Waals surface area contributed by atoms with Gasteiger partial charge >= 0.3 is 12.0 Å². The van der Waals surface area contributed by atoms with Crippen LogP contribution < -0.4 is 10.6 Å². The van der Waals surface area contributed by atoms with E-state index in [4.69, 9.17) is 5.11 Å². The summed E-state index contributed by atoms with van der Waals surface area (Å²) in [5.41, 5.74) is 1.16. The fraction of sp³-hybridized carbons (Fsp3) is 0.467. The van der Waals surface area contributed by atoms with Gasteiger partial charge in [-0.05, 0) is 42.0 Å². The van der Waals surface area contributed by atoms with Crippen LogP contribution in [0.4, 0.5) is 4.79 Å². The first kappa shape index (κ1) is 17.4. The number of hydrogen-bond donors (Lipinski definition) is 3. The van der Waals surface area contributed by atoms with Crippen molar-refractivity contribution in [3.63, 3.8) is 0 Å². The second-order valence-corrected chi connectivity index (χ2v) is 5.86. The average Bonchev–Trinajstić information content (AvgIpc) is 2.46. The zero-order valence-electron chi connectivity index (χ0n) is 12.4. The van der Waals surface area contributed by atoms with Gasteiger partial charge in [-0.3, -0.25) is 0 Å². The van der Waals surface area contributed by atoms with Crippen molar-refractivity contribution >= 4 is 23.8 Å². The van der Waals surface area contributed by atoms with Crippen LogP contribution in [0.25, 0.3) is 0 Å². The van der Waals surface area contributed by atoms with E-state index in [0.29, 0.717) is 25.4 Å². The van der Waals surface area contributed by atoms with Crippen LogP contribution in [0.3, 0.4) is 0 Å². The Kier molecular flexibility index (Phi) is 7.68. The molecule has 1 aromatic carbocycles. The van der Waals surface area contributed by atoms with Crippen LogP contribution in [-0.4, -0.2) is 42.2 Å². The molecule has 0 saturated carbocycles. The molecule has 3 N–H and O–H groups in total. The third-order valence-electron chi connectivity index (χ3n) is 2.94. The number of carboxylic acid groups (broad SMARTS) is 1. The topological polar surface area (TPSA) is 78.4 Å². The van der Waals surface area contributed by atoms with Crippen LogP contribution in [0, 0.1) is 5.92 Å². The molecule has 1 atom stereocenters. The van der Waals surface area contributed by atoms with Gasteiger partial charge in [0.15, 0.2) is 0 Å². The van der Waals surface area contributed by atoms with Crippen LogP contribution in [0.15, 0.2) is 24.3 Å². The second-order valence-electron chi connectivity index (χ2n) is 4.95. The third-order valence-corrected chi connectivity index (χ3v) is 3.84. The molecule has 2 amide bonds. The molecule has 0 saturated heterocycles. The minimum absolute atomic E-state index is 0.183. The van der Waals surface area contributed by atoms with Crippen molar-refractivity contribution in [2.45, 2.75) is 13.3 Å². The largest absolute Gasteiger partial charge is 0.478 e. The zero-order valence-corrected chi connectivity index (χ0v) is 13.2. The number of amides is 2. The lowest BCUT2D eigenvalue weighted by molar-refractivity contribution is 0.0696. The number of carboxylic acids is 1. The van der Waals surface area contributed by atoms with E-state index < -0.39 is 5.97 Å². The molecule has 0 heterocycles. The molecule has 0 aliphatic heterocycles. The van der Waals surface area contributed by atoms with Crippen molar-refractivity contribution in [3.8, 4) is 0 Å². The molecule has 1 aromatic rings. The molecule has 0 fully saturated rings. The number of urea groups is 1. The maximum atomic E-state index is 11.6. The highest BCUT2D eigenvalue weighted by atomic mass is 32.2. The van der Waals surface area contributed by atoms with E-state index in [1.807, 2.05) is 12.3 Å². The molecule has 1 unspecified atom stereocenters. The average molecular weight is 310 g/mol. The SMILES string of the molecule is CSCC(C)CNC(=O)NCCc1cccc(C(=O)O)c1. The van der Waals surface area contributed by atoms with E-state index in [0.717, 1.165) is 11.3 Å². The zero-order chi connectivity index (χ0) is 15.7. The van der Waals surface area contributed by atoms with Gasteiger partial charge in [0.2, 0.25) is 0 Å². The maximum absolute atomic E-state index is 11.6. The van der Waals surface area contributed by atoms with Crippen LogP contribution in [0.1, 0.15) is 22.8 Å². The van der Waals surface area contributed by atoms with E-state index in [-0.39, 0.29) is 11.6 Å². The monoisotopic (exact) mass is 310 g/mol. The predicted molar refractivity (Wildman–Crippen MR) is 86.1 cm³/mol. The molecule has 1 rings (SSSR count). The fourth-order valence-electron chi connectivity index (χ4n) is 1.85. The van der Waals surface area contributed by atoms with Gasteiger partial charge in [-0.1, -0.05) is 19.1 Å². The van der Waals surface area contributed by atoms with E-state index in [1.165, 1.54) is 0 Å². The Morgan fingerprint density at radius 1 is 1.33 bits per heavy atom. The van der Waals surface area contributed by atoms with E-state index in [2.05, 4.69) is 17.6 Å². The molecule has 0 radical (unpaired) electrons. The van der Waals surface area contributed by atoms with Crippen molar-refractivity contribution in [3.05, 3.63) is 35.4 Å². The van der Waals surface area contributed by atoms with Gasteiger partial charge in [0, 0.05) is 13.1 Å². The molecule has 0 bridgehead atoms. The Balaban J connectivity index is 2.28. The predicted octanol–water partition coefficient (Wildman–Crippen LogP) is 2.23. The Morgan fingerprint density at radius 3 is 2.76 bits per heavy atom. The van der Waals surface area contributed by atoms with Gasteiger partial charge in [-0.15, -0.1) is 0 Å². The van der Waals surface area contributed by atoms with Gasteiger partial charge in [0.05, 0.1) is 5.56 Å². The second kappa shape index (κ2) is 9.28. The number of carbonyl (C=O) groups excluding carboxylic acids is 1. The highest BCUT2D eigenvalue weighted by Crippen LogP contribution is 2.05. The number of thioether (sulfide) groups is 1. The minimum Gasteiger partial charge on any atom is -0.478 e. The minimum atomic E-state index is -0.940. The van der Waals surface area contributed by atoms with Crippen molar-refractivity contribution in [1.29, 1.82) is 0 Å². The first-order valence-electron chi connectivity index (χ1n) is 6.85. The van der Waals surface area contributed by atoms with E-state index in [9.17, 15) is 9.59 Å². The molecule has 21 heavy (non-hydrogen) atoms. The molecule has 6 heteroatoms. The quantitative estimate of drug-likeness (QED) is 0.688. The fourth-order valence-corrected chi connectivity index (χ4v) is 2.54. The Hall–Kier alpha value is -1.69. The van der Waals surface area contributed by atoms with Crippen molar-refractivity contribution in [2.75, 3.05) is 25.1 Å². The number of rotatable bonds is 8. The summed E-state index contributed by atoms with van der Waals surface area (Å²) in [6.07, 6.45) is 2.65. The normalized spacial score (nSPS) is 11.7. The Bertz CT molecular complexity index is 480. The van der Waals surface area contributed by atoms with E-state index in [1.54, 1.807) is 30.0 Å². The van der Waals surface area contributed by atoms with Crippen molar-refractivity contribution in [2.24, 2.45) is 5.92 Å². The van der Waals surface area contributed by atoms with Gasteiger partial charge < -0.3 is 15.7 Å². The van der Waals surface area contributed by atoms with Gasteiger partial charge in [-0.2, -0.15) is 11.8 Å². The number of carbonyl (C=O) groups is 2. The first-order valence-corrected chi connectivity index (χ1v) is 8.25. The lowest BCUT2D eigenvalue weighted by atomic mass is 10.1. The summed E-state index contributed by atoms with van der Waals surface area (Å²) in [5.74, 6) is 0.519. The highest BCUT2D eigenvalue weighted by molar-refractivity contribution is 7.98. The molecule has 0 aliphatic rings. The van der Waals surface area contributed by atoms with Crippen LogP contribution >= 0.6 is 11.8 Å². The molecular formula is C15H22N2O3S. The highest BCUT2D eigenvalue weighted by Gasteiger charge is 2.05. The van der Waals surface area contributed by atoms with Crippen molar-refractivity contribution < 1.29 is 14.7 Å². The lowest BCUT2D eigenvalue weighted by Gasteiger charge is -2.12. The molecule has 5 nitrogen and oxygen atoms in total. The number of hydrogen-bond acceptors (Lipinski definition) is 3. The van der Waals surface area contributed by atoms with Crippen LogP contribution in [-0.2, 0) is 6.42 Å². The molecular weight excluding hydrogens is 288 g/mol. The number of benzene rings is 1. The molecule has 0 spiro atoms. The van der Waals surface area contributed by atoms with Gasteiger partial charge in [-0.25, -0.2) is 9.59 Å². The maximum Gasteiger partial charge on any atom is 0.335 e. The summed E-state index contributed by atoms with van der Waals surface area (Å²) in [6, 6.07) is 6.56. The Labute approximate surface area is 129 Å². The summed E-state index contributed by atoms with van der Waals surface area (Å²) in [4.78, 5) is 22.4. The Morgan fingerprint density at radius 2 is 2.10 bits per heavy atom. The van der Waals surface area contributed by atoms with Gasteiger partial charge in [0.1, 0.15) is 0 Å². The summed E-state index contributed by atoms with van der Waals surface area (Å²) < 4.78 is 0. The van der Waals surface area contributed by atoms with Crippen molar-refractivity contribution in [1.82, 2.24) is 10.6 Å². The molecule has 0 aromatic heterocycles. The van der Waals surface area contributed by atoms with Crippen LogP contribution in [0.5, 0.6) is 0 Å². The number of nitrogens with one attached hydrogen (secondary N) is 2. The summed E-state index contributed by atoms with van der Waals surface area (Å²) in [5, 5.41) is 14.5. The summed E-state index contributed by atoms with van der Waals surface area (Å²) >= 11 is 1.76. The van der Waals surface area contributed by atoms with Gasteiger partial charge in [0.25, 0.3) is 0 Å². The number of aromatic carboxylic acids is 1. The molecule has 0 aliphatic carbocycles.